The zero-order valence-corrected chi connectivity index (χ0v) is 17.3. The summed E-state index contributed by atoms with van der Waals surface area (Å²) in [6.45, 7) is 9.80. The number of aryl methyl sites for hydroxylation is 2. The van der Waals surface area contributed by atoms with Crippen molar-refractivity contribution in [3.8, 4) is 11.3 Å². The molecular weight excluding hydrogens is 368 g/mol. The van der Waals surface area contributed by atoms with Crippen molar-refractivity contribution in [2.24, 2.45) is 0 Å². The molecule has 0 aliphatic carbocycles. The van der Waals surface area contributed by atoms with E-state index in [0.717, 1.165) is 52.8 Å². The predicted molar refractivity (Wildman–Crippen MR) is 124 cm³/mol. The summed E-state index contributed by atoms with van der Waals surface area (Å²) < 4.78 is 0. The molecule has 0 unspecified atom stereocenters. The summed E-state index contributed by atoms with van der Waals surface area (Å²) in [6.07, 6.45) is 1.80. The van der Waals surface area contributed by atoms with E-state index in [-0.39, 0.29) is 0 Å². The highest BCUT2D eigenvalue weighted by Crippen LogP contribution is 2.35. The minimum absolute atomic E-state index is 0.320. The molecule has 1 aliphatic rings. The van der Waals surface area contributed by atoms with Gasteiger partial charge in [-0.15, -0.1) is 0 Å². The molecule has 148 valence electrons. The molecule has 0 saturated carbocycles. The van der Waals surface area contributed by atoms with Gasteiger partial charge in [-0.1, -0.05) is 48.5 Å². The Balaban J connectivity index is 1.47. The fraction of sp³-hybridized carbons (Fsp3) is 0.192. The standard InChI is InChI=1S/C26H24N4/c1-4-22-18(3)27-25(20-10-7-8-17(2)14-20)26(29-22)21-15-30(16-21)24-13-12-19-9-5-6-11-23(19)28-24/h4-14,21H,1,15-16H2,2-3H3. The van der Waals surface area contributed by atoms with E-state index in [4.69, 9.17) is 15.0 Å². The van der Waals surface area contributed by atoms with Crippen LogP contribution in [0.25, 0.3) is 28.2 Å². The van der Waals surface area contributed by atoms with Crippen molar-refractivity contribution >= 4 is 22.8 Å². The number of nitrogens with zero attached hydrogens (tertiary/aromatic N) is 4. The van der Waals surface area contributed by atoms with Crippen LogP contribution in [0.2, 0.25) is 0 Å². The molecular formula is C26H24N4. The summed E-state index contributed by atoms with van der Waals surface area (Å²) in [5.41, 5.74) is 7.19. The third kappa shape index (κ3) is 3.24. The Kier molecular flexibility index (Phi) is 4.55. The molecule has 4 nitrogen and oxygen atoms in total. The molecule has 0 bridgehead atoms. The van der Waals surface area contributed by atoms with Gasteiger partial charge in [-0.05, 0) is 44.2 Å². The van der Waals surface area contributed by atoms with Gasteiger partial charge in [0.05, 0.1) is 28.3 Å². The van der Waals surface area contributed by atoms with Crippen LogP contribution in [0.1, 0.15) is 28.6 Å². The van der Waals surface area contributed by atoms with Gasteiger partial charge >= 0.3 is 0 Å². The lowest BCUT2D eigenvalue weighted by Gasteiger charge is -2.40. The molecule has 3 heterocycles. The largest absolute Gasteiger partial charge is 0.355 e. The first-order valence-electron chi connectivity index (χ1n) is 10.3. The predicted octanol–water partition coefficient (Wildman–Crippen LogP) is 5.56. The van der Waals surface area contributed by atoms with Crippen LogP contribution >= 0.6 is 0 Å². The normalized spacial score (nSPS) is 14.0. The zero-order valence-electron chi connectivity index (χ0n) is 17.3. The van der Waals surface area contributed by atoms with E-state index in [2.05, 4.69) is 66.9 Å². The van der Waals surface area contributed by atoms with Gasteiger partial charge in [0, 0.05) is 30.0 Å². The molecule has 0 atom stereocenters. The molecule has 4 aromatic rings. The van der Waals surface area contributed by atoms with Gasteiger partial charge in [0.2, 0.25) is 0 Å². The second kappa shape index (κ2) is 7.38. The van der Waals surface area contributed by atoms with Crippen molar-refractivity contribution in [2.75, 3.05) is 18.0 Å². The minimum atomic E-state index is 0.320. The average Bonchev–Trinajstić information content (AvgIpc) is 2.73. The Bertz CT molecular complexity index is 1260. The molecule has 30 heavy (non-hydrogen) atoms. The van der Waals surface area contributed by atoms with Crippen LogP contribution in [0, 0.1) is 13.8 Å². The van der Waals surface area contributed by atoms with Gasteiger partial charge in [-0.25, -0.2) is 15.0 Å². The highest BCUT2D eigenvalue weighted by molar-refractivity contribution is 5.80. The van der Waals surface area contributed by atoms with Crippen LogP contribution in [0.3, 0.4) is 0 Å². The van der Waals surface area contributed by atoms with Gasteiger partial charge in [0.1, 0.15) is 5.82 Å². The number of para-hydroxylation sites is 1. The molecule has 4 heteroatoms. The number of rotatable bonds is 4. The molecule has 1 fully saturated rings. The quantitative estimate of drug-likeness (QED) is 0.456. The smallest absolute Gasteiger partial charge is 0.129 e. The van der Waals surface area contributed by atoms with Crippen molar-refractivity contribution in [1.29, 1.82) is 0 Å². The van der Waals surface area contributed by atoms with Crippen LogP contribution in [0.5, 0.6) is 0 Å². The van der Waals surface area contributed by atoms with Crippen LogP contribution in [-0.2, 0) is 0 Å². The maximum atomic E-state index is 4.97. The number of anilines is 1. The Morgan fingerprint density at radius 1 is 0.933 bits per heavy atom. The molecule has 1 aliphatic heterocycles. The van der Waals surface area contributed by atoms with Crippen LogP contribution in [0.15, 0.2) is 67.2 Å². The lowest BCUT2D eigenvalue weighted by Crippen LogP contribution is -2.46. The Morgan fingerprint density at radius 3 is 2.57 bits per heavy atom. The maximum Gasteiger partial charge on any atom is 0.129 e. The van der Waals surface area contributed by atoms with Crippen molar-refractivity contribution in [3.63, 3.8) is 0 Å². The first-order chi connectivity index (χ1) is 14.6. The Labute approximate surface area is 177 Å². The second-order valence-electron chi connectivity index (χ2n) is 7.97. The Hall–Kier alpha value is -3.53. The van der Waals surface area contributed by atoms with E-state index in [1.54, 1.807) is 6.08 Å². The van der Waals surface area contributed by atoms with Crippen LogP contribution in [-0.4, -0.2) is 28.0 Å². The van der Waals surface area contributed by atoms with Gasteiger partial charge in [-0.3, -0.25) is 0 Å². The van der Waals surface area contributed by atoms with Gasteiger partial charge in [0.25, 0.3) is 0 Å². The minimum Gasteiger partial charge on any atom is -0.355 e. The summed E-state index contributed by atoms with van der Waals surface area (Å²) in [5.74, 6) is 1.34. The summed E-state index contributed by atoms with van der Waals surface area (Å²) in [7, 11) is 0. The molecule has 5 rings (SSSR count). The summed E-state index contributed by atoms with van der Waals surface area (Å²) >= 11 is 0. The van der Waals surface area contributed by atoms with E-state index in [0.29, 0.717) is 5.92 Å². The van der Waals surface area contributed by atoms with E-state index in [1.807, 2.05) is 19.1 Å². The molecule has 2 aromatic heterocycles. The lowest BCUT2D eigenvalue weighted by atomic mass is 9.91. The topological polar surface area (TPSA) is 41.9 Å². The molecule has 0 radical (unpaired) electrons. The van der Waals surface area contributed by atoms with E-state index in [9.17, 15) is 0 Å². The van der Waals surface area contributed by atoms with Crippen molar-refractivity contribution in [3.05, 3.63) is 89.9 Å². The van der Waals surface area contributed by atoms with E-state index >= 15 is 0 Å². The molecule has 2 aromatic carbocycles. The number of aromatic nitrogens is 3. The third-order valence-corrected chi connectivity index (χ3v) is 5.79. The third-order valence-electron chi connectivity index (χ3n) is 5.79. The zero-order chi connectivity index (χ0) is 20.7. The number of hydrogen-bond donors (Lipinski definition) is 0. The van der Waals surface area contributed by atoms with E-state index in [1.165, 1.54) is 10.9 Å². The number of hydrogen-bond acceptors (Lipinski definition) is 4. The van der Waals surface area contributed by atoms with E-state index < -0.39 is 0 Å². The first kappa shape index (κ1) is 18.5. The van der Waals surface area contributed by atoms with Crippen LogP contribution < -0.4 is 4.90 Å². The van der Waals surface area contributed by atoms with Crippen molar-refractivity contribution < 1.29 is 0 Å². The first-order valence-corrected chi connectivity index (χ1v) is 10.3. The van der Waals surface area contributed by atoms with Crippen LogP contribution in [0.4, 0.5) is 5.82 Å². The highest BCUT2D eigenvalue weighted by Gasteiger charge is 2.33. The van der Waals surface area contributed by atoms with Gasteiger partial charge in [0.15, 0.2) is 0 Å². The monoisotopic (exact) mass is 392 g/mol. The summed E-state index contributed by atoms with van der Waals surface area (Å²) in [4.78, 5) is 17.0. The fourth-order valence-electron chi connectivity index (χ4n) is 4.10. The van der Waals surface area contributed by atoms with Gasteiger partial charge < -0.3 is 4.90 Å². The molecule has 0 N–H and O–H groups in total. The molecule has 0 amide bonds. The average molecular weight is 393 g/mol. The van der Waals surface area contributed by atoms with Gasteiger partial charge in [-0.2, -0.15) is 0 Å². The summed E-state index contributed by atoms with van der Waals surface area (Å²) in [5, 5.41) is 1.17. The maximum absolute atomic E-state index is 4.97. The number of fused-ring (bicyclic) bond motifs is 1. The number of benzene rings is 2. The number of pyridine rings is 1. The lowest BCUT2D eigenvalue weighted by molar-refractivity contribution is 0.508. The SMILES string of the molecule is C=Cc1nc(C2CN(c3ccc4ccccc4n3)C2)c(-c2cccc(C)c2)nc1C. The fourth-order valence-corrected chi connectivity index (χ4v) is 4.10. The van der Waals surface area contributed by atoms with Crippen molar-refractivity contribution in [1.82, 2.24) is 15.0 Å². The van der Waals surface area contributed by atoms with Crippen molar-refractivity contribution in [2.45, 2.75) is 19.8 Å². The summed E-state index contributed by atoms with van der Waals surface area (Å²) in [6, 6.07) is 21.0. The second-order valence-corrected chi connectivity index (χ2v) is 7.97. The highest BCUT2D eigenvalue weighted by atomic mass is 15.2. The Morgan fingerprint density at radius 2 is 1.77 bits per heavy atom. The molecule has 1 saturated heterocycles. The molecule has 0 spiro atoms.